The Balaban J connectivity index is 1.17. The third kappa shape index (κ3) is 14.1. The van der Waals surface area contributed by atoms with Crippen molar-refractivity contribution >= 4 is 79.0 Å². The van der Waals surface area contributed by atoms with Gasteiger partial charge in [-0.1, -0.05) is 397 Å². The second-order valence-corrected chi connectivity index (χ2v) is 40.6. The number of hydrogen-bond acceptors (Lipinski definition) is 2. The lowest BCUT2D eigenvalue weighted by Gasteiger charge is -2.46. The van der Waals surface area contributed by atoms with Crippen molar-refractivity contribution in [1.29, 1.82) is 0 Å². The maximum absolute atomic E-state index is 10.3. The molecule has 1 aromatic heterocycles. The lowest BCUT2D eigenvalue weighted by atomic mass is 9.33. The number of hydrogen-bond donors (Lipinski definition) is 0. The van der Waals surface area contributed by atoms with Crippen molar-refractivity contribution in [3.05, 3.63) is 311 Å². The molecule has 4 heteroatoms. The highest BCUT2D eigenvalue weighted by Gasteiger charge is 2.46. The van der Waals surface area contributed by atoms with Gasteiger partial charge in [0.25, 0.3) is 6.71 Å². The molecule has 0 fully saturated rings. The van der Waals surface area contributed by atoms with Crippen molar-refractivity contribution < 1.29 is 11.0 Å². The molecule has 0 amide bonds. The minimum Gasteiger partial charge on any atom is -0.310 e. The van der Waals surface area contributed by atoms with Gasteiger partial charge in [-0.25, -0.2) is 0 Å². The number of anilines is 6. The minimum absolute atomic E-state index is 0.00356. The van der Waals surface area contributed by atoms with Crippen LogP contribution in [0.5, 0.6) is 0 Å². The highest BCUT2D eigenvalue weighted by Crippen LogP contribution is 2.55. The smallest absolute Gasteiger partial charge is 0.252 e. The van der Waals surface area contributed by atoms with E-state index in [-0.39, 0.29) is 77.2 Å². The Bertz CT molecular complexity index is 6300. The van der Waals surface area contributed by atoms with Gasteiger partial charge in [0, 0.05) is 55.8 Å². The fourth-order valence-corrected chi connectivity index (χ4v) is 17.1. The molecular formula is C110H116BN3. The Morgan fingerprint density at radius 1 is 0.246 bits per heavy atom. The van der Waals surface area contributed by atoms with Gasteiger partial charge in [0.05, 0.1) is 39.1 Å². The number of rotatable bonds is 9. The van der Waals surface area contributed by atoms with Gasteiger partial charge >= 0.3 is 0 Å². The summed E-state index contributed by atoms with van der Waals surface area (Å²) in [4.78, 5) is 4.99. The standard InChI is InChI=1S/C110H116BN3/c1-103(2,3)77-49-39-69(40-50-77)86-33-29-34-87(70-41-51-78(52-42-70)104(4,5)6)101(86)113-96-58-48-73(75-59-81(107(13,14)15)65-82(60-75)108(16,17)18)63-93(96)111-92-57-47-74(76-61-83(109(19,20)21)66-84(62-76)110(22,23)24)64-97(92)114(99-68-85(67-98(113)100(99)111)112-94-37-27-25-31-90(94)91-32-26-28-38-95(91)112)102-88(71-43-53-79(54-44-71)105(7,8)9)35-30-36-89(102)72-45-55-80(56-46-72)106(10,11)12/h25-68H,1-24H3/i25D,26D,27D,28D,31D,32D,37D,38D. The number of fused-ring (bicyclic) bond motifs is 7. The molecule has 0 unspecified atom stereocenters. The topological polar surface area (TPSA) is 11.4 Å². The average Bonchev–Trinajstić information content (AvgIpc) is 1.40. The van der Waals surface area contributed by atoms with Crippen molar-refractivity contribution in [1.82, 2.24) is 4.57 Å². The van der Waals surface area contributed by atoms with Gasteiger partial charge in [0.2, 0.25) is 0 Å². The zero-order valence-electron chi connectivity index (χ0n) is 79.7. The van der Waals surface area contributed by atoms with Crippen LogP contribution >= 0.6 is 0 Å². The molecule has 14 aromatic rings. The number of aromatic nitrogens is 1. The fourth-order valence-electron chi connectivity index (χ4n) is 17.1. The van der Waals surface area contributed by atoms with Crippen molar-refractivity contribution in [3.8, 4) is 72.4 Å². The third-order valence-corrected chi connectivity index (χ3v) is 24.1. The number of benzene rings is 13. The Hall–Kier alpha value is -10.7. The molecule has 0 saturated heterocycles. The van der Waals surface area contributed by atoms with Gasteiger partial charge in [-0.2, -0.15) is 0 Å². The van der Waals surface area contributed by atoms with Gasteiger partial charge in [-0.3, -0.25) is 0 Å². The predicted octanol–water partition coefficient (Wildman–Crippen LogP) is 29.2. The normalized spacial score (nSPS) is 14.5. The SMILES string of the molecule is [2H]c1c([2H])c([2H])c2c(c1[2H])c1c([2H])c([2H])c([2H])c([2H])c1n2-c1cc2c3c(c1)N(c1c(-c4ccc(C(C)(C)C)cc4)cccc1-c1ccc(C(C)(C)C)cc1)c1cc(-c4cc(C(C)(C)C)cc(C(C)(C)C)c4)ccc1B3c1cc(-c3cc(C(C)(C)C)cc(C(C)(C)C)c3)ccc1N2c1c(-c2ccc(C(C)(C)C)cc2)cccc1-c1ccc(C(C)(C)C)cc1. The first kappa shape index (κ1) is 67.8. The Labute approximate surface area is 693 Å². The molecule has 2 aliphatic rings. The molecule has 114 heavy (non-hydrogen) atoms. The van der Waals surface area contributed by atoms with E-state index < -0.39 is 43.0 Å². The summed E-state index contributed by atoms with van der Waals surface area (Å²) in [6.45, 7) is 54.0. The van der Waals surface area contributed by atoms with Crippen molar-refractivity contribution in [2.45, 2.75) is 209 Å². The molecule has 0 N–H and O–H groups in total. The minimum atomic E-state index is -0.548. The lowest BCUT2D eigenvalue weighted by molar-refractivity contribution is 0.568. The Morgan fingerprint density at radius 2 is 0.544 bits per heavy atom. The van der Waals surface area contributed by atoms with E-state index in [1.54, 1.807) is 4.57 Å². The number of para-hydroxylation sites is 4. The zero-order chi connectivity index (χ0) is 88.0. The second-order valence-electron chi connectivity index (χ2n) is 40.6. The molecular weight excluding hydrogens is 1370 g/mol. The van der Waals surface area contributed by atoms with Crippen molar-refractivity contribution in [2.24, 2.45) is 0 Å². The van der Waals surface area contributed by atoms with E-state index in [4.69, 9.17) is 0 Å². The summed E-state index contributed by atoms with van der Waals surface area (Å²) < 4.78 is 80.5. The van der Waals surface area contributed by atoms with E-state index in [2.05, 4.69) is 394 Å². The summed E-state index contributed by atoms with van der Waals surface area (Å²) in [5, 5.41) is -0.00712. The van der Waals surface area contributed by atoms with Gasteiger partial charge < -0.3 is 14.4 Å². The van der Waals surface area contributed by atoms with Crippen LogP contribution in [-0.2, 0) is 43.3 Å². The molecule has 0 spiro atoms. The Kier molecular flexibility index (Phi) is 16.4. The van der Waals surface area contributed by atoms with Gasteiger partial charge in [0.15, 0.2) is 0 Å². The lowest BCUT2D eigenvalue weighted by Crippen LogP contribution is -2.61. The quantitative estimate of drug-likeness (QED) is 0.133. The second kappa shape index (κ2) is 27.5. The van der Waals surface area contributed by atoms with Gasteiger partial charge in [0.1, 0.15) is 0 Å². The first-order valence-corrected chi connectivity index (χ1v) is 41.0. The average molecular weight is 1500 g/mol. The van der Waals surface area contributed by atoms with Crippen LogP contribution in [0, 0.1) is 0 Å². The zero-order valence-corrected chi connectivity index (χ0v) is 71.7. The van der Waals surface area contributed by atoms with Crippen molar-refractivity contribution in [3.63, 3.8) is 0 Å². The van der Waals surface area contributed by atoms with Crippen LogP contribution in [0.1, 0.15) is 222 Å². The van der Waals surface area contributed by atoms with Crippen LogP contribution < -0.4 is 26.2 Å². The summed E-state index contributed by atoms with van der Waals surface area (Å²) in [6, 6.07) is 79.0. The summed E-state index contributed by atoms with van der Waals surface area (Å²) in [5.41, 5.74) is 28.8. The summed E-state index contributed by atoms with van der Waals surface area (Å²) in [6.07, 6.45) is 0. The molecule has 0 saturated carbocycles. The largest absolute Gasteiger partial charge is 0.310 e. The highest BCUT2D eigenvalue weighted by atomic mass is 15.2. The molecule has 0 aliphatic carbocycles. The van der Waals surface area contributed by atoms with E-state index in [1.807, 2.05) is 0 Å². The van der Waals surface area contributed by atoms with E-state index in [0.717, 1.165) is 117 Å². The number of nitrogens with zero attached hydrogens (tertiary/aromatic N) is 3. The van der Waals surface area contributed by atoms with E-state index in [9.17, 15) is 11.0 Å². The van der Waals surface area contributed by atoms with Crippen LogP contribution in [0.4, 0.5) is 34.1 Å². The molecule has 574 valence electrons. The molecule has 3 heterocycles. The van der Waals surface area contributed by atoms with Crippen LogP contribution in [-0.4, -0.2) is 11.3 Å². The van der Waals surface area contributed by atoms with E-state index >= 15 is 0 Å². The molecule has 3 nitrogen and oxygen atoms in total. The summed E-state index contributed by atoms with van der Waals surface area (Å²) in [7, 11) is 0. The van der Waals surface area contributed by atoms with E-state index in [0.29, 0.717) is 5.69 Å². The first-order chi connectivity index (χ1) is 56.9. The van der Waals surface area contributed by atoms with Crippen LogP contribution in [0.3, 0.4) is 0 Å². The highest BCUT2D eigenvalue weighted by molar-refractivity contribution is 7.00. The maximum atomic E-state index is 10.3. The molecule has 16 rings (SSSR count). The summed E-state index contributed by atoms with van der Waals surface area (Å²) in [5.74, 6) is 0. The molecule has 0 atom stereocenters. The molecule has 2 aliphatic heterocycles. The monoisotopic (exact) mass is 1500 g/mol. The maximum Gasteiger partial charge on any atom is 0.252 e. The molecule has 13 aromatic carbocycles. The third-order valence-electron chi connectivity index (χ3n) is 24.1. The predicted molar refractivity (Wildman–Crippen MR) is 497 cm³/mol. The van der Waals surface area contributed by atoms with Crippen LogP contribution in [0.2, 0.25) is 0 Å². The van der Waals surface area contributed by atoms with E-state index in [1.165, 1.54) is 44.5 Å². The van der Waals surface area contributed by atoms with Crippen LogP contribution in [0.15, 0.2) is 267 Å². The first-order valence-electron chi connectivity index (χ1n) is 45.0. The summed E-state index contributed by atoms with van der Waals surface area (Å²) >= 11 is 0. The van der Waals surface area contributed by atoms with Gasteiger partial charge in [-0.15, -0.1) is 0 Å². The molecule has 0 radical (unpaired) electrons. The van der Waals surface area contributed by atoms with Crippen molar-refractivity contribution in [2.75, 3.05) is 9.80 Å². The Morgan fingerprint density at radius 3 is 0.877 bits per heavy atom. The molecule has 0 bridgehead atoms. The van der Waals surface area contributed by atoms with Gasteiger partial charge in [-0.05, 0) is 185 Å². The van der Waals surface area contributed by atoms with Crippen LogP contribution in [0.25, 0.3) is 94.3 Å². The fraction of sp³-hybridized carbons (Fsp3) is 0.291.